The third-order valence-electron chi connectivity index (χ3n) is 3.23. The summed E-state index contributed by atoms with van der Waals surface area (Å²) in [5.74, 6) is 1.30. The Morgan fingerprint density at radius 3 is 2.25 bits per heavy atom. The molecule has 0 unspecified atom stereocenters. The van der Waals surface area contributed by atoms with Crippen molar-refractivity contribution in [1.29, 1.82) is 0 Å². The van der Waals surface area contributed by atoms with Gasteiger partial charge in [0.2, 0.25) is 0 Å². The van der Waals surface area contributed by atoms with Gasteiger partial charge in [0, 0.05) is 24.7 Å². The molecule has 0 radical (unpaired) electrons. The molecule has 1 N–H and O–H groups in total. The van der Waals surface area contributed by atoms with E-state index in [1.165, 1.54) is 6.07 Å². The van der Waals surface area contributed by atoms with E-state index in [-0.39, 0.29) is 10.6 Å². The minimum absolute atomic E-state index is 0.161. The Morgan fingerprint density at radius 2 is 1.75 bits per heavy atom. The van der Waals surface area contributed by atoms with Crippen LogP contribution in [0.5, 0.6) is 0 Å². The molecule has 0 bridgehead atoms. The molecule has 0 saturated heterocycles. The van der Waals surface area contributed by atoms with Gasteiger partial charge in [-0.3, -0.25) is 10.1 Å². The highest BCUT2D eigenvalue weighted by atomic mass is 16.6. The number of nitro groups is 1. The minimum atomic E-state index is -0.344. The summed E-state index contributed by atoms with van der Waals surface area (Å²) >= 11 is 0. The molecule has 1 aromatic carbocycles. The van der Waals surface area contributed by atoms with Crippen LogP contribution < -0.4 is 5.32 Å². The van der Waals surface area contributed by atoms with Gasteiger partial charge in [-0.05, 0) is 30.2 Å². The van der Waals surface area contributed by atoms with Gasteiger partial charge in [0.1, 0.15) is 0 Å². The lowest BCUT2D eigenvalue weighted by Crippen LogP contribution is -2.31. The summed E-state index contributed by atoms with van der Waals surface area (Å²) in [6, 6.07) is 7.32. The molecule has 0 fully saturated rings. The molecule has 0 aliphatic heterocycles. The first kappa shape index (κ1) is 16.6. The topological polar surface area (TPSA) is 55.2 Å². The summed E-state index contributed by atoms with van der Waals surface area (Å²) in [4.78, 5) is 10.4. The first-order valence-electron chi connectivity index (χ1n) is 7.35. The number of hydrogen-bond acceptors (Lipinski definition) is 3. The van der Waals surface area contributed by atoms with Gasteiger partial charge in [-0.25, -0.2) is 0 Å². The van der Waals surface area contributed by atoms with Gasteiger partial charge in [-0.2, -0.15) is 0 Å². The van der Waals surface area contributed by atoms with Gasteiger partial charge in [0.05, 0.1) is 4.92 Å². The van der Waals surface area contributed by atoms with Crippen molar-refractivity contribution in [2.45, 2.75) is 53.1 Å². The zero-order valence-corrected chi connectivity index (χ0v) is 12.9. The molecule has 0 aromatic heterocycles. The summed E-state index contributed by atoms with van der Waals surface area (Å²) in [5, 5.41) is 14.3. The fourth-order valence-electron chi connectivity index (χ4n) is 2.44. The zero-order valence-electron chi connectivity index (χ0n) is 12.9. The molecule has 0 heterocycles. The zero-order chi connectivity index (χ0) is 15.1. The standard InChI is InChI=1S/C16H26N2O2/c1-12(2)8-15(9-13(3)4)17-11-14-6-5-7-16(10-14)18(19)20/h5-7,10,12-13,15,17H,8-9,11H2,1-4H3. The average molecular weight is 278 g/mol. The van der Waals surface area contributed by atoms with Crippen LogP contribution in [0.25, 0.3) is 0 Å². The fraction of sp³-hybridized carbons (Fsp3) is 0.625. The van der Waals surface area contributed by atoms with E-state index in [0.29, 0.717) is 24.4 Å². The van der Waals surface area contributed by atoms with Crippen molar-refractivity contribution < 1.29 is 4.92 Å². The van der Waals surface area contributed by atoms with Gasteiger partial charge in [-0.1, -0.05) is 39.8 Å². The van der Waals surface area contributed by atoms with Crippen LogP contribution in [0.15, 0.2) is 24.3 Å². The first-order chi connectivity index (χ1) is 9.38. The normalized spacial score (nSPS) is 11.6. The molecule has 112 valence electrons. The monoisotopic (exact) mass is 278 g/mol. The second kappa shape index (κ2) is 8.00. The van der Waals surface area contributed by atoms with Crippen molar-refractivity contribution in [3.05, 3.63) is 39.9 Å². The van der Waals surface area contributed by atoms with E-state index in [9.17, 15) is 10.1 Å². The maximum atomic E-state index is 10.8. The summed E-state index contributed by atoms with van der Waals surface area (Å²) in [5.41, 5.74) is 1.13. The molecular weight excluding hydrogens is 252 g/mol. The Hall–Kier alpha value is -1.42. The Labute approximate surface area is 121 Å². The third kappa shape index (κ3) is 6.15. The molecule has 1 rings (SSSR count). The minimum Gasteiger partial charge on any atom is -0.310 e. The number of nitro benzene ring substituents is 1. The Balaban J connectivity index is 2.61. The molecule has 0 spiro atoms. The van der Waals surface area contributed by atoms with Gasteiger partial charge in [0.25, 0.3) is 5.69 Å². The molecule has 0 aliphatic rings. The second-order valence-corrected chi connectivity index (χ2v) is 6.26. The van der Waals surface area contributed by atoms with Crippen molar-refractivity contribution in [3.8, 4) is 0 Å². The summed E-state index contributed by atoms with van der Waals surface area (Å²) < 4.78 is 0. The highest BCUT2D eigenvalue weighted by Crippen LogP contribution is 2.16. The average Bonchev–Trinajstić information content (AvgIpc) is 2.35. The van der Waals surface area contributed by atoms with Gasteiger partial charge in [0.15, 0.2) is 0 Å². The molecular formula is C16H26N2O2. The number of hydrogen-bond donors (Lipinski definition) is 1. The maximum absolute atomic E-state index is 10.8. The van der Waals surface area contributed by atoms with Crippen molar-refractivity contribution in [3.63, 3.8) is 0 Å². The first-order valence-corrected chi connectivity index (χ1v) is 7.35. The molecule has 4 nitrogen and oxygen atoms in total. The maximum Gasteiger partial charge on any atom is 0.269 e. The van der Waals surface area contributed by atoms with Crippen LogP contribution in [-0.2, 0) is 6.54 Å². The quantitative estimate of drug-likeness (QED) is 0.574. The van der Waals surface area contributed by atoms with E-state index in [0.717, 1.165) is 18.4 Å². The smallest absolute Gasteiger partial charge is 0.269 e. The van der Waals surface area contributed by atoms with Gasteiger partial charge < -0.3 is 5.32 Å². The molecule has 0 atom stereocenters. The number of non-ortho nitro benzene ring substituents is 1. The third-order valence-corrected chi connectivity index (χ3v) is 3.23. The lowest BCUT2D eigenvalue weighted by Gasteiger charge is -2.22. The Bertz CT molecular complexity index is 420. The number of nitrogens with zero attached hydrogens (tertiary/aromatic N) is 1. The van der Waals surface area contributed by atoms with Gasteiger partial charge >= 0.3 is 0 Å². The van der Waals surface area contributed by atoms with Crippen LogP contribution in [-0.4, -0.2) is 11.0 Å². The van der Waals surface area contributed by atoms with Crippen LogP contribution in [0.4, 0.5) is 5.69 Å². The lowest BCUT2D eigenvalue weighted by atomic mass is 9.95. The van der Waals surface area contributed by atoms with E-state index in [4.69, 9.17) is 0 Å². The van der Waals surface area contributed by atoms with E-state index in [1.807, 2.05) is 6.07 Å². The molecule has 1 aromatic rings. The van der Waals surface area contributed by atoms with Crippen molar-refractivity contribution >= 4 is 5.69 Å². The molecule has 0 amide bonds. The van der Waals surface area contributed by atoms with E-state index < -0.39 is 0 Å². The fourth-order valence-corrected chi connectivity index (χ4v) is 2.44. The summed E-state index contributed by atoms with van der Waals surface area (Å²) in [7, 11) is 0. The molecule has 0 aliphatic carbocycles. The number of rotatable bonds is 8. The van der Waals surface area contributed by atoms with E-state index in [2.05, 4.69) is 33.0 Å². The lowest BCUT2D eigenvalue weighted by molar-refractivity contribution is -0.384. The predicted octanol–water partition coefficient (Wildman–Crippen LogP) is 4.15. The highest BCUT2D eigenvalue weighted by Gasteiger charge is 2.13. The van der Waals surface area contributed by atoms with Gasteiger partial charge in [-0.15, -0.1) is 0 Å². The Morgan fingerprint density at radius 1 is 1.15 bits per heavy atom. The van der Waals surface area contributed by atoms with Crippen LogP contribution in [0.2, 0.25) is 0 Å². The van der Waals surface area contributed by atoms with Crippen molar-refractivity contribution in [2.24, 2.45) is 11.8 Å². The van der Waals surface area contributed by atoms with Crippen LogP contribution in [0.3, 0.4) is 0 Å². The van der Waals surface area contributed by atoms with Crippen LogP contribution in [0, 0.1) is 22.0 Å². The van der Waals surface area contributed by atoms with Crippen LogP contribution >= 0.6 is 0 Å². The van der Waals surface area contributed by atoms with E-state index >= 15 is 0 Å². The van der Waals surface area contributed by atoms with Crippen molar-refractivity contribution in [2.75, 3.05) is 0 Å². The molecule has 0 saturated carbocycles. The summed E-state index contributed by atoms with van der Waals surface area (Å²) in [6.45, 7) is 9.58. The molecule has 20 heavy (non-hydrogen) atoms. The highest BCUT2D eigenvalue weighted by molar-refractivity contribution is 5.34. The second-order valence-electron chi connectivity index (χ2n) is 6.26. The molecule has 4 heteroatoms. The predicted molar refractivity (Wildman–Crippen MR) is 82.6 cm³/mol. The largest absolute Gasteiger partial charge is 0.310 e. The summed E-state index contributed by atoms with van der Waals surface area (Å²) in [6.07, 6.45) is 2.26. The Kier molecular flexibility index (Phi) is 6.65. The SMILES string of the molecule is CC(C)CC(CC(C)C)NCc1cccc([N+](=O)[O-])c1. The van der Waals surface area contributed by atoms with E-state index in [1.54, 1.807) is 12.1 Å². The number of benzene rings is 1. The number of nitrogens with one attached hydrogen (secondary N) is 1. The van der Waals surface area contributed by atoms with Crippen molar-refractivity contribution in [1.82, 2.24) is 5.32 Å². The van der Waals surface area contributed by atoms with Crippen LogP contribution in [0.1, 0.15) is 46.1 Å².